The number of hydrogen-bond acceptors (Lipinski definition) is 4. The minimum Gasteiger partial charge on any atom is -0.491 e. The Balaban J connectivity index is 2.26. The van der Waals surface area contributed by atoms with Crippen LogP contribution in [0, 0.1) is 13.8 Å². The van der Waals surface area contributed by atoms with Gasteiger partial charge in [0.2, 0.25) is 5.91 Å². The third kappa shape index (κ3) is 7.11. The minimum atomic E-state index is -0.656. The Bertz CT molecular complexity index is 461. The molecule has 1 aromatic rings. The first-order valence-electron chi connectivity index (χ1n) is 7.26. The van der Waals surface area contributed by atoms with Gasteiger partial charge in [0.25, 0.3) is 0 Å². The Morgan fingerprint density at radius 1 is 1.33 bits per heavy atom. The van der Waals surface area contributed by atoms with Gasteiger partial charge in [-0.1, -0.05) is 12.1 Å². The van der Waals surface area contributed by atoms with Crippen LogP contribution in [-0.2, 0) is 4.79 Å². The molecule has 118 valence electrons. The topological polar surface area (TPSA) is 70.6 Å². The van der Waals surface area contributed by atoms with Crippen LogP contribution in [0.15, 0.2) is 18.2 Å². The Kier molecular flexibility index (Phi) is 7.19. The van der Waals surface area contributed by atoms with Crippen molar-refractivity contribution >= 4 is 5.91 Å². The van der Waals surface area contributed by atoms with Crippen molar-refractivity contribution in [3.63, 3.8) is 0 Å². The van der Waals surface area contributed by atoms with Gasteiger partial charge in [-0.05, 0) is 44.9 Å². The van der Waals surface area contributed by atoms with Gasteiger partial charge < -0.3 is 20.5 Å². The summed E-state index contributed by atoms with van der Waals surface area (Å²) >= 11 is 0. The van der Waals surface area contributed by atoms with Crippen molar-refractivity contribution in [2.24, 2.45) is 0 Å². The summed E-state index contributed by atoms with van der Waals surface area (Å²) in [6, 6.07) is 6.09. The standard InChI is InChI=1S/C16H26N2O3/c1-11(2)18-16(20)9-17-8-14(19)10-21-15-7-12(3)5-6-13(15)4/h5-7,11,14,17,19H,8-10H2,1-4H3,(H,18,20). The van der Waals surface area contributed by atoms with Gasteiger partial charge in [0.1, 0.15) is 18.5 Å². The highest BCUT2D eigenvalue weighted by Crippen LogP contribution is 2.19. The summed E-state index contributed by atoms with van der Waals surface area (Å²) in [5.41, 5.74) is 2.16. The van der Waals surface area contributed by atoms with E-state index in [9.17, 15) is 9.90 Å². The fourth-order valence-corrected chi connectivity index (χ4v) is 1.83. The zero-order valence-electron chi connectivity index (χ0n) is 13.3. The highest BCUT2D eigenvalue weighted by Gasteiger charge is 2.08. The summed E-state index contributed by atoms with van der Waals surface area (Å²) < 4.78 is 5.61. The smallest absolute Gasteiger partial charge is 0.234 e. The molecule has 21 heavy (non-hydrogen) atoms. The second kappa shape index (κ2) is 8.64. The maximum Gasteiger partial charge on any atom is 0.234 e. The van der Waals surface area contributed by atoms with Gasteiger partial charge in [0.05, 0.1) is 6.54 Å². The van der Waals surface area contributed by atoms with E-state index < -0.39 is 6.10 Å². The van der Waals surface area contributed by atoms with Crippen LogP contribution in [-0.4, -0.2) is 42.9 Å². The molecule has 0 aliphatic rings. The number of aliphatic hydroxyl groups excluding tert-OH is 1. The Morgan fingerprint density at radius 3 is 2.71 bits per heavy atom. The molecule has 0 aliphatic carbocycles. The number of hydrogen-bond donors (Lipinski definition) is 3. The van der Waals surface area contributed by atoms with Gasteiger partial charge >= 0.3 is 0 Å². The first-order valence-corrected chi connectivity index (χ1v) is 7.26. The van der Waals surface area contributed by atoms with Crippen molar-refractivity contribution in [3.8, 4) is 5.75 Å². The molecule has 1 aromatic carbocycles. The van der Waals surface area contributed by atoms with Gasteiger partial charge in [-0.15, -0.1) is 0 Å². The zero-order chi connectivity index (χ0) is 15.8. The van der Waals surface area contributed by atoms with Gasteiger partial charge in [-0.2, -0.15) is 0 Å². The predicted molar refractivity (Wildman–Crippen MR) is 83.6 cm³/mol. The normalized spacial score (nSPS) is 12.3. The van der Waals surface area contributed by atoms with Crippen LogP contribution < -0.4 is 15.4 Å². The van der Waals surface area contributed by atoms with E-state index in [1.807, 2.05) is 45.9 Å². The number of rotatable bonds is 8. The molecule has 1 atom stereocenters. The first kappa shape index (κ1) is 17.5. The number of benzene rings is 1. The monoisotopic (exact) mass is 294 g/mol. The molecule has 0 bridgehead atoms. The molecule has 0 saturated heterocycles. The largest absolute Gasteiger partial charge is 0.491 e. The number of aryl methyl sites for hydroxylation is 2. The molecule has 3 N–H and O–H groups in total. The number of aliphatic hydroxyl groups is 1. The minimum absolute atomic E-state index is 0.0763. The molecule has 0 spiro atoms. The van der Waals surface area contributed by atoms with E-state index in [0.29, 0.717) is 6.54 Å². The molecule has 0 aliphatic heterocycles. The molecule has 1 unspecified atom stereocenters. The summed E-state index contributed by atoms with van der Waals surface area (Å²) in [6.07, 6.45) is -0.656. The summed E-state index contributed by atoms with van der Waals surface area (Å²) in [5, 5.41) is 15.5. The summed E-state index contributed by atoms with van der Waals surface area (Å²) in [4.78, 5) is 11.4. The van der Waals surface area contributed by atoms with Gasteiger partial charge in [-0.25, -0.2) is 0 Å². The van der Waals surface area contributed by atoms with E-state index in [2.05, 4.69) is 10.6 Å². The average molecular weight is 294 g/mol. The van der Waals surface area contributed by atoms with Crippen molar-refractivity contribution in [1.29, 1.82) is 0 Å². The van der Waals surface area contributed by atoms with Crippen LogP contribution in [0.5, 0.6) is 5.75 Å². The molecule has 0 saturated carbocycles. The van der Waals surface area contributed by atoms with Crippen LogP contribution in [0.25, 0.3) is 0 Å². The lowest BCUT2D eigenvalue weighted by atomic mass is 10.1. The molecule has 5 heteroatoms. The quantitative estimate of drug-likeness (QED) is 0.673. The SMILES string of the molecule is Cc1ccc(C)c(OCC(O)CNCC(=O)NC(C)C)c1. The predicted octanol–water partition coefficient (Wildman–Crippen LogP) is 1.16. The number of carbonyl (C=O) groups excluding carboxylic acids is 1. The van der Waals surface area contributed by atoms with Crippen LogP contribution in [0.1, 0.15) is 25.0 Å². The van der Waals surface area contributed by atoms with Crippen molar-refractivity contribution < 1.29 is 14.6 Å². The van der Waals surface area contributed by atoms with Crippen molar-refractivity contribution in [3.05, 3.63) is 29.3 Å². The maximum atomic E-state index is 11.4. The number of amides is 1. The summed E-state index contributed by atoms with van der Waals surface area (Å²) in [7, 11) is 0. The summed E-state index contributed by atoms with van der Waals surface area (Å²) in [5.74, 6) is 0.708. The van der Waals surface area contributed by atoms with Crippen LogP contribution in [0.3, 0.4) is 0 Å². The molecular formula is C16H26N2O3. The third-order valence-corrected chi connectivity index (χ3v) is 2.89. The Morgan fingerprint density at radius 2 is 2.05 bits per heavy atom. The molecular weight excluding hydrogens is 268 g/mol. The van der Waals surface area contributed by atoms with Crippen molar-refractivity contribution in [2.45, 2.75) is 39.8 Å². The lowest BCUT2D eigenvalue weighted by Gasteiger charge is -2.15. The fraction of sp³-hybridized carbons (Fsp3) is 0.562. The number of nitrogens with one attached hydrogen (secondary N) is 2. The highest BCUT2D eigenvalue weighted by atomic mass is 16.5. The van der Waals surface area contributed by atoms with Gasteiger partial charge in [0, 0.05) is 12.6 Å². The number of ether oxygens (including phenoxy) is 1. The Labute approximate surface area is 126 Å². The molecule has 1 amide bonds. The molecule has 5 nitrogen and oxygen atoms in total. The zero-order valence-corrected chi connectivity index (χ0v) is 13.3. The molecule has 0 aromatic heterocycles. The van der Waals surface area contributed by atoms with E-state index in [-0.39, 0.29) is 25.1 Å². The van der Waals surface area contributed by atoms with Crippen LogP contribution in [0.2, 0.25) is 0 Å². The maximum absolute atomic E-state index is 11.4. The lowest BCUT2D eigenvalue weighted by Crippen LogP contribution is -2.41. The fourth-order valence-electron chi connectivity index (χ4n) is 1.83. The van der Waals surface area contributed by atoms with Crippen LogP contribution >= 0.6 is 0 Å². The van der Waals surface area contributed by atoms with E-state index >= 15 is 0 Å². The second-order valence-corrected chi connectivity index (χ2v) is 5.59. The second-order valence-electron chi connectivity index (χ2n) is 5.59. The highest BCUT2D eigenvalue weighted by molar-refractivity contribution is 5.78. The lowest BCUT2D eigenvalue weighted by molar-refractivity contribution is -0.120. The summed E-state index contributed by atoms with van der Waals surface area (Å²) in [6.45, 7) is 8.49. The molecule has 0 radical (unpaired) electrons. The Hall–Kier alpha value is -1.59. The number of carbonyl (C=O) groups is 1. The van der Waals surface area contributed by atoms with Crippen molar-refractivity contribution in [1.82, 2.24) is 10.6 Å². The van der Waals surface area contributed by atoms with E-state index in [1.165, 1.54) is 0 Å². The molecule has 1 rings (SSSR count). The average Bonchev–Trinajstić information content (AvgIpc) is 2.39. The van der Waals surface area contributed by atoms with Crippen molar-refractivity contribution in [2.75, 3.05) is 19.7 Å². The molecule has 0 heterocycles. The van der Waals surface area contributed by atoms with E-state index in [1.54, 1.807) is 0 Å². The van der Waals surface area contributed by atoms with E-state index in [0.717, 1.165) is 16.9 Å². The molecule has 0 fully saturated rings. The third-order valence-electron chi connectivity index (χ3n) is 2.89. The van der Waals surface area contributed by atoms with Gasteiger partial charge in [0.15, 0.2) is 0 Å². The van der Waals surface area contributed by atoms with Gasteiger partial charge in [-0.3, -0.25) is 4.79 Å². The first-order chi connectivity index (χ1) is 9.88. The van der Waals surface area contributed by atoms with E-state index in [4.69, 9.17) is 4.74 Å². The van der Waals surface area contributed by atoms with Crippen LogP contribution in [0.4, 0.5) is 0 Å².